The standard InChI is InChI=1S/C16H28N4/c1-13(2)15-9-16(19-12-18-15)17-10-14(3)11-20-7-5-4-6-8-20/h9,12-14H,4-8,10-11H2,1-3H3,(H,17,18,19). The van der Waals surface area contributed by atoms with E-state index < -0.39 is 0 Å². The molecule has 1 fully saturated rings. The first-order valence-corrected chi connectivity index (χ1v) is 7.93. The monoisotopic (exact) mass is 276 g/mol. The van der Waals surface area contributed by atoms with Crippen molar-refractivity contribution in [1.82, 2.24) is 14.9 Å². The van der Waals surface area contributed by atoms with E-state index in [0.29, 0.717) is 11.8 Å². The van der Waals surface area contributed by atoms with Gasteiger partial charge in [-0.3, -0.25) is 0 Å². The smallest absolute Gasteiger partial charge is 0.129 e. The fraction of sp³-hybridized carbons (Fsp3) is 0.750. The number of rotatable bonds is 6. The molecule has 4 heteroatoms. The Kier molecular flexibility index (Phi) is 5.77. The van der Waals surface area contributed by atoms with Gasteiger partial charge in [0.2, 0.25) is 0 Å². The minimum atomic E-state index is 0.448. The maximum absolute atomic E-state index is 4.30. The summed E-state index contributed by atoms with van der Waals surface area (Å²) in [5, 5.41) is 3.45. The highest BCUT2D eigenvalue weighted by Crippen LogP contribution is 2.15. The number of nitrogens with one attached hydrogen (secondary N) is 1. The molecule has 1 aromatic heterocycles. The van der Waals surface area contributed by atoms with Gasteiger partial charge in [0.25, 0.3) is 0 Å². The van der Waals surface area contributed by atoms with Gasteiger partial charge in [-0.25, -0.2) is 9.97 Å². The van der Waals surface area contributed by atoms with E-state index in [1.54, 1.807) is 6.33 Å². The number of piperidine rings is 1. The summed E-state index contributed by atoms with van der Waals surface area (Å²) in [7, 11) is 0. The van der Waals surface area contributed by atoms with Gasteiger partial charge in [0.05, 0.1) is 0 Å². The largest absolute Gasteiger partial charge is 0.370 e. The Morgan fingerprint density at radius 2 is 1.90 bits per heavy atom. The summed E-state index contributed by atoms with van der Waals surface area (Å²) in [5.41, 5.74) is 1.10. The maximum atomic E-state index is 4.30. The molecule has 1 unspecified atom stereocenters. The Labute approximate surface area is 123 Å². The molecule has 112 valence electrons. The van der Waals surface area contributed by atoms with Crippen LogP contribution in [0.2, 0.25) is 0 Å². The second kappa shape index (κ2) is 7.58. The molecule has 0 aliphatic carbocycles. The maximum Gasteiger partial charge on any atom is 0.129 e. The number of aromatic nitrogens is 2. The van der Waals surface area contributed by atoms with Crippen molar-refractivity contribution in [2.45, 2.75) is 46.0 Å². The van der Waals surface area contributed by atoms with Crippen LogP contribution in [0.25, 0.3) is 0 Å². The lowest BCUT2D eigenvalue weighted by Gasteiger charge is -2.29. The second-order valence-electron chi connectivity index (χ2n) is 6.33. The average molecular weight is 276 g/mol. The first-order chi connectivity index (χ1) is 9.65. The van der Waals surface area contributed by atoms with Crippen molar-refractivity contribution < 1.29 is 0 Å². The van der Waals surface area contributed by atoms with Crippen molar-refractivity contribution in [2.75, 3.05) is 31.5 Å². The molecule has 1 aliphatic rings. The lowest BCUT2D eigenvalue weighted by Crippen LogP contribution is -2.35. The zero-order valence-electron chi connectivity index (χ0n) is 13.1. The Hall–Kier alpha value is -1.16. The number of hydrogen-bond donors (Lipinski definition) is 1. The van der Waals surface area contributed by atoms with Crippen molar-refractivity contribution in [1.29, 1.82) is 0 Å². The molecule has 0 spiro atoms. The van der Waals surface area contributed by atoms with Gasteiger partial charge in [-0.1, -0.05) is 27.2 Å². The Morgan fingerprint density at radius 1 is 1.15 bits per heavy atom. The van der Waals surface area contributed by atoms with Gasteiger partial charge in [-0.15, -0.1) is 0 Å². The van der Waals surface area contributed by atoms with Crippen molar-refractivity contribution in [3.63, 3.8) is 0 Å². The van der Waals surface area contributed by atoms with Crippen LogP contribution >= 0.6 is 0 Å². The highest BCUT2D eigenvalue weighted by Gasteiger charge is 2.13. The van der Waals surface area contributed by atoms with Crippen LogP contribution in [0.3, 0.4) is 0 Å². The molecule has 1 N–H and O–H groups in total. The highest BCUT2D eigenvalue weighted by molar-refractivity contribution is 5.35. The van der Waals surface area contributed by atoms with Crippen LogP contribution < -0.4 is 5.32 Å². The molecule has 20 heavy (non-hydrogen) atoms. The van der Waals surface area contributed by atoms with Crippen molar-refractivity contribution >= 4 is 5.82 Å². The average Bonchev–Trinajstić information content (AvgIpc) is 2.46. The van der Waals surface area contributed by atoms with Gasteiger partial charge in [-0.05, 0) is 37.8 Å². The fourth-order valence-corrected chi connectivity index (χ4v) is 2.71. The molecule has 0 amide bonds. The summed E-state index contributed by atoms with van der Waals surface area (Å²) in [4.78, 5) is 11.2. The summed E-state index contributed by atoms with van der Waals surface area (Å²) in [5.74, 6) is 2.05. The Balaban J connectivity index is 1.77. The van der Waals surface area contributed by atoms with Crippen molar-refractivity contribution in [3.8, 4) is 0 Å². The quantitative estimate of drug-likeness (QED) is 0.866. The van der Waals surface area contributed by atoms with Crippen LogP contribution in [0.5, 0.6) is 0 Å². The number of likely N-dealkylation sites (tertiary alicyclic amines) is 1. The predicted molar refractivity (Wildman–Crippen MR) is 84.1 cm³/mol. The topological polar surface area (TPSA) is 41.1 Å². The van der Waals surface area contributed by atoms with Crippen LogP contribution in [0.4, 0.5) is 5.82 Å². The van der Waals surface area contributed by atoms with Gasteiger partial charge in [0.1, 0.15) is 12.1 Å². The summed E-state index contributed by atoms with van der Waals surface area (Å²) < 4.78 is 0. The van der Waals surface area contributed by atoms with Gasteiger partial charge >= 0.3 is 0 Å². The molecular weight excluding hydrogens is 248 g/mol. The van der Waals surface area contributed by atoms with E-state index in [0.717, 1.165) is 18.1 Å². The van der Waals surface area contributed by atoms with Crippen molar-refractivity contribution in [3.05, 3.63) is 18.1 Å². The molecule has 2 heterocycles. The molecule has 0 aromatic carbocycles. The fourth-order valence-electron chi connectivity index (χ4n) is 2.71. The third-order valence-electron chi connectivity index (χ3n) is 3.93. The predicted octanol–water partition coefficient (Wildman–Crippen LogP) is 3.13. The van der Waals surface area contributed by atoms with Gasteiger partial charge < -0.3 is 10.2 Å². The Morgan fingerprint density at radius 3 is 2.60 bits per heavy atom. The molecule has 4 nitrogen and oxygen atoms in total. The molecule has 1 atom stereocenters. The molecule has 2 rings (SSSR count). The SMILES string of the molecule is CC(CNc1cc(C(C)C)ncn1)CN1CCCCC1. The first kappa shape index (κ1) is 15.2. The zero-order chi connectivity index (χ0) is 14.4. The molecule has 1 aliphatic heterocycles. The zero-order valence-corrected chi connectivity index (χ0v) is 13.1. The van der Waals surface area contributed by atoms with Crippen LogP contribution in [-0.2, 0) is 0 Å². The van der Waals surface area contributed by atoms with E-state index in [2.05, 4.69) is 47.0 Å². The minimum absolute atomic E-state index is 0.448. The summed E-state index contributed by atoms with van der Waals surface area (Å²) in [6.07, 6.45) is 5.79. The summed E-state index contributed by atoms with van der Waals surface area (Å²) >= 11 is 0. The third-order valence-corrected chi connectivity index (χ3v) is 3.93. The van der Waals surface area contributed by atoms with E-state index in [1.165, 1.54) is 38.9 Å². The number of anilines is 1. The number of hydrogen-bond acceptors (Lipinski definition) is 4. The van der Waals surface area contributed by atoms with E-state index in [9.17, 15) is 0 Å². The molecule has 0 saturated carbocycles. The van der Waals surface area contributed by atoms with Crippen LogP contribution in [0, 0.1) is 5.92 Å². The van der Waals surface area contributed by atoms with E-state index >= 15 is 0 Å². The minimum Gasteiger partial charge on any atom is -0.370 e. The molecular formula is C16H28N4. The normalized spacial score (nSPS) is 18.2. The van der Waals surface area contributed by atoms with Crippen molar-refractivity contribution in [2.24, 2.45) is 5.92 Å². The van der Waals surface area contributed by atoms with Gasteiger partial charge in [0, 0.05) is 24.8 Å². The summed E-state index contributed by atoms with van der Waals surface area (Å²) in [6.45, 7) is 11.3. The molecule has 0 bridgehead atoms. The lowest BCUT2D eigenvalue weighted by atomic mass is 10.1. The van der Waals surface area contributed by atoms with E-state index in [4.69, 9.17) is 0 Å². The molecule has 1 saturated heterocycles. The second-order valence-corrected chi connectivity index (χ2v) is 6.33. The Bertz CT molecular complexity index is 399. The van der Waals surface area contributed by atoms with E-state index in [-0.39, 0.29) is 0 Å². The van der Waals surface area contributed by atoms with Crippen LogP contribution in [0.15, 0.2) is 12.4 Å². The molecule has 1 aromatic rings. The van der Waals surface area contributed by atoms with Gasteiger partial charge in [-0.2, -0.15) is 0 Å². The lowest BCUT2D eigenvalue weighted by molar-refractivity contribution is 0.204. The highest BCUT2D eigenvalue weighted by atomic mass is 15.1. The first-order valence-electron chi connectivity index (χ1n) is 7.93. The van der Waals surface area contributed by atoms with E-state index in [1.807, 2.05) is 0 Å². The summed E-state index contributed by atoms with van der Waals surface area (Å²) in [6, 6.07) is 2.07. The number of nitrogens with zero attached hydrogens (tertiary/aromatic N) is 3. The van der Waals surface area contributed by atoms with Gasteiger partial charge in [0.15, 0.2) is 0 Å². The third kappa shape index (κ3) is 4.75. The molecule has 0 radical (unpaired) electrons. The van der Waals surface area contributed by atoms with Crippen LogP contribution in [-0.4, -0.2) is 41.0 Å². The van der Waals surface area contributed by atoms with Crippen LogP contribution in [0.1, 0.15) is 51.6 Å².